The lowest BCUT2D eigenvalue weighted by Gasteiger charge is -2.09. The van der Waals surface area contributed by atoms with Crippen molar-refractivity contribution < 1.29 is 29.0 Å². The van der Waals surface area contributed by atoms with Crippen molar-refractivity contribution >= 4 is 47.0 Å². The van der Waals surface area contributed by atoms with E-state index in [1.807, 2.05) is 0 Å². The second-order valence-corrected chi connectivity index (χ2v) is 6.56. The molecule has 0 aliphatic rings. The Morgan fingerprint density at radius 1 is 0.933 bits per heavy atom. The minimum Gasteiger partial charge on any atom is -0.515 e. The topological polar surface area (TPSA) is 89.9 Å². The van der Waals surface area contributed by atoms with E-state index in [0.29, 0.717) is 27.5 Å². The number of rotatable bonds is 7. The van der Waals surface area contributed by atoms with Gasteiger partial charge >= 0.3 is 11.9 Å². The van der Waals surface area contributed by atoms with E-state index in [0.717, 1.165) is 6.26 Å². The van der Waals surface area contributed by atoms with Gasteiger partial charge < -0.3 is 19.4 Å². The number of benzene rings is 2. The van der Waals surface area contributed by atoms with Crippen LogP contribution in [0, 0.1) is 0 Å². The Hall–Kier alpha value is -2.83. The molecule has 6 nitrogen and oxygen atoms in total. The quantitative estimate of drug-likeness (QED) is 0.209. The number of halogens is 2. The van der Waals surface area contributed by atoms with Gasteiger partial charge in [-0.15, -0.1) is 0 Å². The molecule has 0 fully saturated rings. The fourth-order valence-corrected chi connectivity index (χ4v) is 2.51. The first-order valence-corrected chi connectivity index (χ1v) is 9.78. The molecule has 0 aromatic heterocycles. The smallest absolute Gasteiger partial charge is 0.341 e. The third-order valence-corrected chi connectivity index (χ3v) is 4.19. The zero-order valence-corrected chi connectivity index (χ0v) is 18.0. The van der Waals surface area contributed by atoms with Crippen LogP contribution in [0.1, 0.15) is 30.9 Å². The number of esters is 2. The molecule has 1 N–H and O–H groups in total. The Morgan fingerprint density at radius 2 is 1.43 bits per heavy atom. The van der Waals surface area contributed by atoms with Crippen molar-refractivity contribution in [2.24, 2.45) is 0 Å². The molecule has 0 spiro atoms. The molecule has 2 aromatic rings. The second-order valence-electron chi connectivity index (χ2n) is 5.69. The summed E-state index contributed by atoms with van der Waals surface area (Å²) in [5.41, 5.74) is 1.28. The van der Waals surface area contributed by atoms with Gasteiger partial charge in [-0.3, -0.25) is 4.79 Å². The molecule has 2 aromatic carbocycles. The molecular formula is C22H22Cl2O6. The number of hydrogen-bond donors (Lipinski definition) is 1. The van der Waals surface area contributed by atoms with E-state index >= 15 is 0 Å². The molecule has 0 aliphatic carbocycles. The van der Waals surface area contributed by atoms with Crippen molar-refractivity contribution in [3.63, 3.8) is 0 Å². The predicted molar refractivity (Wildman–Crippen MR) is 116 cm³/mol. The molecule has 0 aliphatic heterocycles. The highest BCUT2D eigenvalue weighted by atomic mass is 35.5. The molecule has 0 saturated heterocycles. The SMILES string of the molecule is CCOC(=O)C(=CO)c1ccc(Cl)cc1.CCOC(=O)C(C=O)c1ccc(Cl)cc1. The first-order chi connectivity index (χ1) is 14.4. The third-order valence-electron chi connectivity index (χ3n) is 3.69. The zero-order valence-electron chi connectivity index (χ0n) is 16.5. The molecule has 30 heavy (non-hydrogen) atoms. The lowest BCUT2D eigenvalue weighted by Crippen LogP contribution is -2.17. The summed E-state index contributed by atoms with van der Waals surface area (Å²) in [6.07, 6.45) is 1.31. The molecule has 2 rings (SSSR count). The molecule has 1 unspecified atom stereocenters. The fourth-order valence-electron chi connectivity index (χ4n) is 2.26. The summed E-state index contributed by atoms with van der Waals surface area (Å²) in [7, 11) is 0. The molecule has 160 valence electrons. The van der Waals surface area contributed by atoms with Gasteiger partial charge in [-0.1, -0.05) is 47.5 Å². The van der Waals surface area contributed by atoms with Crippen LogP contribution in [-0.2, 0) is 23.9 Å². The predicted octanol–water partition coefficient (Wildman–Crippen LogP) is 4.99. The van der Waals surface area contributed by atoms with Crippen molar-refractivity contribution in [3.8, 4) is 0 Å². The fraction of sp³-hybridized carbons (Fsp3) is 0.227. The highest BCUT2D eigenvalue weighted by Crippen LogP contribution is 2.19. The summed E-state index contributed by atoms with van der Waals surface area (Å²) < 4.78 is 9.56. The van der Waals surface area contributed by atoms with Gasteiger partial charge in [0.05, 0.1) is 19.5 Å². The van der Waals surface area contributed by atoms with Crippen LogP contribution >= 0.6 is 23.2 Å². The van der Waals surface area contributed by atoms with Crippen LogP contribution in [-0.4, -0.2) is 36.5 Å². The minimum absolute atomic E-state index is 0.119. The van der Waals surface area contributed by atoms with Crippen molar-refractivity contribution in [1.29, 1.82) is 0 Å². The molecule has 8 heteroatoms. The largest absolute Gasteiger partial charge is 0.515 e. The molecule has 0 saturated carbocycles. The van der Waals surface area contributed by atoms with Crippen LogP contribution < -0.4 is 0 Å². The van der Waals surface area contributed by atoms with E-state index in [4.69, 9.17) is 37.8 Å². The summed E-state index contributed by atoms with van der Waals surface area (Å²) in [6.45, 7) is 3.93. The van der Waals surface area contributed by atoms with E-state index in [-0.39, 0.29) is 18.8 Å². The Morgan fingerprint density at radius 3 is 1.87 bits per heavy atom. The van der Waals surface area contributed by atoms with E-state index in [1.165, 1.54) is 0 Å². The minimum atomic E-state index is -0.859. The van der Waals surface area contributed by atoms with Crippen LogP contribution in [0.2, 0.25) is 10.0 Å². The Balaban J connectivity index is 0.000000300. The summed E-state index contributed by atoms with van der Waals surface area (Å²) in [5, 5.41) is 10.1. The number of ether oxygens (including phenoxy) is 2. The molecule has 0 heterocycles. The number of carbonyl (C=O) groups excluding carboxylic acids is 3. The number of carbonyl (C=O) groups is 3. The van der Waals surface area contributed by atoms with Crippen LogP contribution in [0.4, 0.5) is 0 Å². The maximum atomic E-state index is 11.4. The van der Waals surface area contributed by atoms with Crippen molar-refractivity contribution in [3.05, 3.63) is 76.0 Å². The first-order valence-electron chi connectivity index (χ1n) is 9.02. The van der Waals surface area contributed by atoms with Gasteiger partial charge in [0.2, 0.25) is 0 Å². The standard InChI is InChI=1S/2C11H11ClO3/c2*1-2-15-11(14)10(7-13)8-3-5-9(12)6-4-8/h3-7,13H,2H2,1H3;3-7,10H,2H2,1H3. The average Bonchev–Trinajstić information content (AvgIpc) is 2.73. The molecule has 1 atom stereocenters. The Labute approximate surface area is 185 Å². The Kier molecular flexibility index (Phi) is 11.3. The van der Waals surface area contributed by atoms with E-state index < -0.39 is 17.9 Å². The highest BCUT2D eigenvalue weighted by Gasteiger charge is 2.20. The van der Waals surface area contributed by atoms with Crippen molar-refractivity contribution in [2.75, 3.05) is 13.2 Å². The van der Waals surface area contributed by atoms with Crippen LogP contribution in [0.3, 0.4) is 0 Å². The number of hydrogen-bond acceptors (Lipinski definition) is 6. The first kappa shape index (κ1) is 25.2. The van der Waals surface area contributed by atoms with Crippen LogP contribution in [0.15, 0.2) is 54.8 Å². The van der Waals surface area contributed by atoms with Gasteiger partial charge in [0, 0.05) is 10.0 Å². The molecule has 0 bridgehead atoms. The lowest BCUT2D eigenvalue weighted by molar-refractivity contribution is -0.146. The summed E-state index contributed by atoms with van der Waals surface area (Å²) in [6, 6.07) is 13.1. The zero-order chi connectivity index (χ0) is 22.5. The average molecular weight is 453 g/mol. The third kappa shape index (κ3) is 7.89. The van der Waals surface area contributed by atoms with Gasteiger partial charge in [-0.05, 0) is 49.2 Å². The highest BCUT2D eigenvalue weighted by molar-refractivity contribution is 6.31. The molecule has 0 radical (unpaired) electrons. The summed E-state index contributed by atoms with van der Waals surface area (Å²) in [5.74, 6) is -1.95. The summed E-state index contributed by atoms with van der Waals surface area (Å²) in [4.78, 5) is 33.5. The monoisotopic (exact) mass is 452 g/mol. The van der Waals surface area contributed by atoms with Crippen molar-refractivity contribution in [2.45, 2.75) is 19.8 Å². The van der Waals surface area contributed by atoms with Gasteiger partial charge in [0.1, 0.15) is 17.8 Å². The van der Waals surface area contributed by atoms with Gasteiger partial charge in [-0.2, -0.15) is 0 Å². The molecular weight excluding hydrogens is 431 g/mol. The van der Waals surface area contributed by atoms with Crippen molar-refractivity contribution in [1.82, 2.24) is 0 Å². The maximum Gasteiger partial charge on any atom is 0.341 e. The van der Waals surface area contributed by atoms with Crippen LogP contribution in [0.5, 0.6) is 0 Å². The normalized spacial score (nSPS) is 11.5. The second kappa shape index (κ2) is 13.4. The maximum absolute atomic E-state index is 11.4. The van der Waals surface area contributed by atoms with E-state index in [9.17, 15) is 14.4 Å². The van der Waals surface area contributed by atoms with Gasteiger partial charge in [0.15, 0.2) is 0 Å². The van der Waals surface area contributed by atoms with E-state index in [1.54, 1.807) is 62.4 Å². The number of aldehydes is 1. The van der Waals surface area contributed by atoms with E-state index in [2.05, 4.69) is 0 Å². The molecule has 0 amide bonds. The number of aliphatic hydroxyl groups is 1. The van der Waals surface area contributed by atoms with Crippen LogP contribution in [0.25, 0.3) is 5.57 Å². The number of aliphatic hydroxyl groups excluding tert-OH is 1. The summed E-state index contributed by atoms with van der Waals surface area (Å²) >= 11 is 11.4. The van der Waals surface area contributed by atoms with Gasteiger partial charge in [-0.25, -0.2) is 4.79 Å². The lowest BCUT2D eigenvalue weighted by atomic mass is 10.0. The van der Waals surface area contributed by atoms with Gasteiger partial charge in [0.25, 0.3) is 0 Å². The Bertz CT molecular complexity index is 860.